The summed E-state index contributed by atoms with van der Waals surface area (Å²) >= 11 is 0. The van der Waals surface area contributed by atoms with Gasteiger partial charge in [0.1, 0.15) is 5.82 Å². The Morgan fingerprint density at radius 1 is 0.722 bits per heavy atom. The van der Waals surface area contributed by atoms with Crippen LogP contribution in [0.5, 0.6) is 0 Å². The highest BCUT2D eigenvalue weighted by atomic mass is 19.1. The van der Waals surface area contributed by atoms with Crippen molar-refractivity contribution in [3.05, 3.63) is 83.3 Å². The van der Waals surface area contributed by atoms with Gasteiger partial charge in [-0.05, 0) is 67.6 Å². The number of aromatic nitrogens is 5. The maximum Gasteiger partial charge on any atom is 0.226 e. The topological polar surface area (TPSA) is 56.5 Å². The molecule has 188 valence electrons. The number of nitrogens with zero attached hydrogens (tertiary/aromatic N) is 5. The van der Waals surface area contributed by atoms with Gasteiger partial charge < -0.3 is 4.57 Å². The smallest absolute Gasteiger partial charge is 0.226 e. The number of hydrogen-bond donors (Lipinski definition) is 0. The van der Waals surface area contributed by atoms with Gasteiger partial charge in [0, 0.05) is 13.2 Å². The summed E-state index contributed by atoms with van der Waals surface area (Å²) in [4.78, 5) is 15.9. The van der Waals surface area contributed by atoms with E-state index >= 15 is 0 Å². The fourth-order valence-electron chi connectivity index (χ4n) is 4.09. The lowest BCUT2D eigenvalue weighted by Gasteiger charge is -2.25. The molecule has 0 spiro atoms. The van der Waals surface area contributed by atoms with Crippen molar-refractivity contribution in [1.82, 2.24) is 24.5 Å². The average Bonchev–Trinajstić information content (AvgIpc) is 3.14. The molecule has 0 bridgehead atoms. The van der Waals surface area contributed by atoms with Crippen LogP contribution < -0.4 is 0 Å². The van der Waals surface area contributed by atoms with Crippen LogP contribution in [0.1, 0.15) is 51.6 Å². The van der Waals surface area contributed by atoms with Gasteiger partial charge in [-0.25, -0.2) is 4.98 Å². The van der Waals surface area contributed by atoms with Crippen LogP contribution in [0.3, 0.4) is 0 Å². The van der Waals surface area contributed by atoms with Gasteiger partial charge in [-0.15, -0.1) is 0 Å². The summed E-state index contributed by atoms with van der Waals surface area (Å²) in [6.45, 7) is 10.1. The predicted molar refractivity (Wildman–Crippen MR) is 129 cm³/mol. The maximum atomic E-state index is 14.6. The van der Waals surface area contributed by atoms with Crippen LogP contribution in [0.25, 0.3) is 22.6 Å². The minimum absolute atomic E-state index is 0.0646. The van der Waals surface area contributed by atoms with E-state index in [1.165, 1.54) is 12.1 Å². The largest absolute Gasteiger partial charge is 0.334 e. The van der Waals surface area contributed by atoms with Crippen molar-refractivity contribution in [3.63, 3.8) is 0 Å². The molecule has 4 rings (SSSR count). The van der Waals surface area contributed by atoms with E-state index in [9.17, 15) is 17.6 Å². The van der Waals surface area contributed by atoms with Crippen LogP contribution >= 0.6 is 0 Å². The van der Waals surface area contributed by atoms with E-state index < -0.39 is 29.2 Å². The number of aryl methyl sites for hydroxylation is 1. The van der Waals surface area contributed by atoms with Crippen LogP contribution in [0.2, 0.25) is 0 Å². The molecule has 9 heteroatoms. The fourth-order valence-corrected chi connectivity index (χ4v) is 4.09. The van der Waals surface area contributed by atoms with Gasteiger partial charge in [-0.1, -0.05) is 20.8 Å². The first-order valence-corrected chi connectivity index (χ1v) is 11.4. The lowest BCUT2D eigenvalue weighted by atomic mass is 9.82. The van der Waals surface area contributed by atoms with Crippen molar-refractivity contribution in [2.45, 2.75) is 46.5 Å². The molecule has 0 aliphatic heterocycles. The van der Waals surface area contributed by atoms with Crippen LogP contribution in [0.15, 0.2) is 42.6 Å². The Kier molecular flexibility index (Phi) is 6.45. The molecule has 0 aliphatic carbocycles. The molecular formula is C27H27F4N5. The quantitative estimate of drug-likeness (QED) is 0.236. The monoisotopic (exact) mass is 497 g/mol. The van der Waals surface area contributed by atoms with E-state index in [1.807, 2.05) is 19.9 Å². The highest BCUT2D eigenvalue weighted by Crippen LogP contribution is 2.35. The fraction of sp³-hybridized carbons (Fsp3) is 0.333. The molecule has 0 aromatic carbocycles. The van der Waals surface area contributed by atoms with E-state index in [4.69, 9.17) is 4.98 Å². The number of halogens is 4. The molecule has 5 nitrogen and oxygen atoms in total. The molecule has 36 heavy (non-hydrogen) atoms. The average molecular weight is 498 g/mol. The van der Waals surface area contributed by atoms with E-state index in [0.717, 1.165) is 17.7 Å². The van der Waals surface area contributed by atoms with Gasteiger partial charge in [0.25, 0.3) is 0 Å². The van der Waals surface area contributed by atoms with Gasteiger partial charge in [-0.2, -0.15) is 27.5 Å². The molecule has 4 aromatic heterocycles. The summed E-state index contributed by atoms with van der Waals surface area (Å²) in [6.07, 6.45) is 2.43. The molecule has 0 amide bonds. The zero-order valence-corrected chi connectivity index (χ0v) is 21.0. The van der Waals surface area contributed by atoms with Crippen molar-refractivity contribution in [3.8, 4) is 22.6 Å². The van der Waals surface area contributed by atoms with Crippen molar-refractivity contribution in [1.29, 1.82) is 0 Å². The van der Waals surface area contributed by atoms with Gasteiger partial charge in [0.05, 0.1) is 33.6 Å². The first-order chi connectivity index (χ1) is 16.7. The summed E-state index contributed by atoms with van der Waals surface area (Å²) in [5.74, 6) is -3.45. The highest BCUT2D eigenvalue weighted by molar-refractivity contribution is 5.61. The van der Waals surface area contributed by atoms with E-state index in [-0.39, 0.29) is 22.4 Å². The minimum Gasteiger partial charge on any atom is -0.334 e. The zero-order valence-electron chi connectivity index (χ0n) is 21.0. The molecule has 0 saturated heterocycles. The van der Waals surface area contributed by atoms with Crippen molar-refractivity contribution < 1.29 is 17.6 Å². The highest BCUT2D eigenvalue weighted by Gasteiger charge is 2.31. The van der Waals surface area contributed by atoms with Crippen LogP contribution in [-0.4, -0.2) is 24.5 Å². The molecule has 0 aliphatic rings. The molecule has 4 heterocycles. The van der Waals surface area contributed by atoms with Gasteiger partial charge >= 0.3 is 0 Å². The number of pyridine rings is 3. The van der Waals surface area contributed by atoms with Gasteiger partial charge in [0.2, 0.25) is 23.8 Å². The Bertz CT molecular complexity index is 1440. The third-order valence-corrected chi connectivity index (χ3v) is 5.92. The SMILES string of the molecule is Cn1cc(C(C)(C)c2cc(CC(C)(C)C)cc(-c3ccc(F)nc3F)n2)nc1-c1ccc(F)nc1F. The Morgan fingerprint density at radius 2 is 1.31 bits per heavy atom. The second kappa shape index (κ2) is 9.11. The standard InChI is InChI=1S/C27H27F4N5/c1-26(2,3)13-15-11-18(16-7-9-21(28)34-23(16)30)32-19(12-15)27(4,5)20-14-36(6)25(33-20)17-8-10-22(29)35-24(17)31/h7-12,14H,13H2,1-6H3. The van der Waals surface area contributed by atoms with Crippen molar-refractivity contribution in [2.24, 2.45) is 12.5 Å². The lowest BCUT2D eigenvalue weighted by Crippen LogP contribution is -2.22. The van der Waals surface area contributed by atoms with Crippen LogP contribution in [0, 0.1) is 29.2 Å². The molecule has 0 unspecified atom stereocenters. The summed E-state index contributed by atoms with van der Waals surface area (Å²) in [5, 5.41) is 0. The number of imidazole rings is 1. The summed E-state index contributed by atoms with van der Waals surface area (Å²) in [7, 11) is 1.71. The van der Waals surface area contributed by atoms with E-state index in [2.05, 4.69) is 35.7 Å². The number of rotatable bonds is 5. The summed E-state index contributed by atoms with van der Waals surface area (Å²) in [6, 6.07) is 8.51. The van der Waals surface area contributed by atoms with Crippen LogP contribution in [0.4, 0.5) is 17.6 Å². The predicted octanol–water partition coefficient (Wildman–Crippen LogP) is 6.41. The zero-order chi connectivity index (χ0) is 26.4. The number of hydrogen-bond acceptors (Lipinski definition) is 4. The molecule has 0 radical (unpaired) electrons. The minimum atomic E-state index is -0.958. The first-order valence-electron chi connectivity index (χ1n) is 11.4. The van der Waals surface area contributed by atoms with Crippen molar-refractivity contribution in [2.75, 3.05) is 0 Å². The third-order valence-electron chi connectivity index (χ3n) is 5.92. The molecule has 0 atom stereocenters. The van der Waals surface area contributed by atoms with E-state index in [0.29, 0.717) is 23.5 Å². The molecular weight excluding hydrogens is 470 g/mol. The molecule has 4 aromatic rings. The van der Waals surface area contributed by atoms with Gasteiger partial charge in [0.15, 0.2) is 0 Å². The lowest BCUT2D eigenvalue weighted by molar-refractivity contribution is 0.410. The Balaban J connectivity index is 1.85. The van der Waals surface area contributed by atoms with Crippen LogP contribution in [-0.2, 0) is 18.9 Å². The second-order valence-electron chi connectivity index (χ2n) is 10.6. The first kappa shape index (κ1) is 25.5. The summed E-state index contributed by atoms with van der Waals surface area (Å²) < 4.78 is 57.4. The Hall–Kier alpha value is -3.62. The maximum absolute atomic E-state index is 14.6. The molecule has 0 N–H and O–H groups in total. The molecule has 0 fully saturated rings. The normalized spacial score (nSPS) is 12.3. The second-order valence-corrected chi connectivity index (χ2v) is 10.6. The van der Waals surface area contributed by atoms with Crippen molar-refractivity contribution >= 4 is 0 Å². The van der Waals surface area contributed by atoms with E-state index in [1.54, 1.807) is 23.9 Å². The summed E-state index contributed by atoms with van der Waals surface area (Å²) in [5.41, 5.74) is 1.73. The van der Waals surface area contributed by atoms with Gasteiger partial charge in [-0.3, -0.25) is 4.98 Å². The molecule has 0 saturated carbocycles. The third kappa shape index (κ3) is 5.15. The Morgan fingerprint density at radius 3 is 1.86 bits per heavy atom. The Labute approximate surface area is 207 Å².